The lowest BCUT2D eigenvalue weighted by Crippen LogP contribution is -2.54. The number of phenolic OH excluding ortho intramolecular Hbond substituents is 2. The van der Waals surface area contributed by atoms with Crippen molar-refractivity contribution in [3.63, 3.8) is 0 Å². The molecule has 2 saturated heterocycles. The van der Waals surface area contributed by atoms with Gasteiger partial charge >= 0.3 is 12.2 Å². The maximum absolute atomic E-state index is 11.6. The smallest absolute Gasteiger partial charge is 0.452 e. The molecular weight excluding hydrogens is 398 g/mol. The lowest BCUT2D eigenvalue weighted by Gasteiger charge is -2.38. The topological polar surface area (TPSA) is 178 Å². The number of amides is 2. The number of nitrogens with one attached hydrogen (secondary N) is 1. The highest BCUT2D eigenvalue weighted by atomic mass is 16.6. The van der Waals surface area contributed by atoms with Crippen molar-refractivity contribution in [1.82, 2.24) is 5.32 Å². The quantitative estimate of drug-likeness (QED) is 0.310. The van der Waals surface area contributed by atoms with E-state index >= 15 is 0 Å². The van der Waals surface area contributed by atoms with E-state index < -0.39 is 23.8 Å². The monoisotopic (exact) mass is 421 g/mol. The van der Waals surface area contributed by atoms with Crippen molar-refractivity contribution >= 4 is 23.6 Å². The van der Waals surface area contributed by atoms with Gasteiger partial charge in [0.05, 0.1) is 24.3 Å². The average molecular weight is 421 g/mol. The van der Waals surface area contributed by atoms with Crippen LogP contribution < -0.4 is 16.0 Å². The number of rotatable bonds is 5. The maximum atomic E-state index is 11.6. The van der Waals surface area contributed by atoms with Crippen molar-refractivity contribution in [2.75, 3.05) is 31.8 Å². The Morgan fingerprint density at radius 1 is 1.33 bits per heavy atom. The average Bonchev–Trinajstić information content (AvgIpc) is 3.31. The standard InChI is InChI=1S/C18H23N5O7/c1-4-29-17(27)22-21-11-7(2)13(24)12-10(14(11)25)8(6-30-16(19)26)18(28-3)15-9(20-15)5-23(12)18/h8-9,15,20,24-25H,4-6H2,1-3H3,(H2,19,26)/t8-,9+,15+,18-/m1/s1. The first-order valence-electron chi connectivity index (χ1n) is 9.45. The van der Waals surface area contributed by atoms with E-state index in [1.165, 1.54) is 7.11 Å². The number of hydrogen-bond acceptors (Lipinski definition) is 10. The number of fused-ring (bicyclic) bond motifs is 5. The van der Waals surface area contributed by atoms with E-state index in [-0.39, 0.29) is 53.6 Å². The van der Waals surface area contributed by atoms with Gasteiger partial charge in [0.25, 0.3) is 0 Å². The highest BCUT2D eigenvalue weighted by Gasteiger charge is 2.71. The molecule has 0 aromatic heterocycles. The molecule has 0 radical (unpaired) electrons. The van der Waals surface area contributed by atoms with Gasteiger partial charge in [-0.1, -0.05) is 5.11 Å². The summed E-state index contributed by atoms with van der Waals surface area (Å²) in [4.78, 5) is 24.7. The zero-order valence-corrected chi connectivity index (χ0v) is 16.7. The molecule has 3 heterocycles. The van der Waals surface area contributed by atoms with Crippen LogP contribution in [-0.2, 0) is 14.2 Å². The Morgan fingerprint density at radius 2 is 2.07 bits per heavy atom. The van der Waals surface area contributed by atoms with Gasteiger partial charge in [0, 0.05) is 30.8 Å². The van der Waals surface area contributed by atoms with Gasteiger partial charge in [0.15, 0.2) is 5.72 Å². The van der Waals surface area contributed by atoms with Crippen LogP contribution in [0.5, 0.6) is 11.5 Å². The number of primary amides is 1. The van der Waals surface area contributed by atoms with Gasteiger partial charge in [-0.05, 0) is 13.8 Å². The lowest BCUT2D eigenvalue weighted by molar-refractivity contribution is -0.0337. The van der Waals surface area contributed by atoms with Gasteiger partial charge in [-0.25, -0.2) is 9.59 Å². The van der Waals surface area contributed by atoms with Crippen molar-refractivity contribution in [3.05, 3.63) is 11.1 Å². The van der Waals surface area contributed by atoms with Gasteiger partial charge in [-0.15, -0.1) is 5.11 Å². The largest absolute Gasteiger partial charge is 0.505 e. The minimum absolute atomic E-state index is 0.0869. The Kier molecular flexibility index (Phi) is 4.70. The number of piperazine rings is 1. The predicted molar refractivity (Wildman–Crippen MR) is 102 cm³/mol. The number of carbonyl (C=O) groups excluding carboxylic acids is 2. The lowest BCUT2D eigenvalue weighted by atomic mass is 9.88. The minimum Gasteiger partial charge on any atom is -0.505 e. The predicted octanol–water partition coefficient (Wildman–Crippen LogP) is 1.34. The molecule has 0 saturated carbocycles. The van der Waals surface area contributed by atoms with E-state index in [0.29, 0.717) is 12.2 Å². The van der Waals surface area contributed by atoms with Crippen LogP contribution in [0.25, 0.3) is 0 Å². The molecule has 0 unspecified atom stereocenters. The molecule has 0 spiro atoms. The summed E-state index contributed by atoms with van der Waals surface area (Å²) < 4.78 is 15.7. The molecule has 12 heteroatoms. The molecule has 2 amide bonds. The van der Waals surface area contributed by atoms with E-state index in [9.17, 15) is 19.8 Å². The Labute approximate surface area is 171 Å². The third kappa shape index (κ3) is 2.67. The number of aromatic hydroxyl groups is 2. The zero-order chi connectivity index (χ0) is 21.8. The van der Waals surface area contributed by atoms with E-state index in [2.05, 4.69) is 15.5 Å². The number of benzene rings is 1. The second-order valence-electron chi connectivity index (χ2n) is 7.33. The molecule has 4 atom stereocenters. The summed E-state index contributed by atoms with van der Waals surface area (Å²) in [7, 11) is 1.51. The normalized spacial score (nSPS) is 28.2. The van der Waals surface area contributed by atoms with Crippen LogP contribution >= 0.6 is 0 Å². The van der Waals surface area contributed by atoms with E-state index in [0.717, 1.165) is 0 Å². The molecule has 1 aromatic carbocycles. The second-order valence-corrected chi connectivity index (χ2v) is 7.33. The number of nitrogens with two attached hydrogens (primary N) is 1. The molecular formula is C18H23N5O7. The first-order chi connectivity index (χ1) is 14.3. The van der Waals surface area contributed by atoms with E-state index in [1.54, 1.807) is 13.8 Å². The number of methoxy groups -OCH3 is 1. The van der Waals surface area contributed by atoms with Gasteiger partial charge in [-0.3, -0.25) is 0 Å². The fraction of sp³-hybridized carbons (Fsp3) is 0.556. The molecule has 1 aromatic rings. The molecule has 3 aliphatic rings. The number of nitrogens with zero attached hydrogens (tertiary/aromatic N) is 3. The summed E-state index contributed by atoms with van der Waals surface area (Å²) in [5.74, 6) is -1.11. The fourth-order valence-corrected chi connectivity index (χ4v) is 4.68. The minimum atomic E-state index is -0.999. The first-order valence-corrected chi connectivity index (χ1v) is 9.45. The fourth-order valence-electron chi connectivity index (χ4n) is 4.68. The van der Waals surface area contributed by atoms with E-state index in [4.69, 9.17) is 19.9 Å². The van der Waals surface area contributed by atoms with Gasteiger partial charge in [-0.2, -0.15) is 0 Å². The highest BCUT2D eigenvalue weighted by Crippen LogP contribution is 2.64. The molecule has 4 rings (SSSR count). The van der Waals surface area contributed by atoms with Gasteiger partial charge in [0.1, 0.15) is 23.8 Å². The molecule has 12 nitrogen and oxygen atoms in total. The number of azo groups is 1. The number of phenols is 2. The zero-order valence-electron chi connectivity index (χ0n) is 16.7. The first kappa shape index (κ1) is 20.2. The number of anilines is 1. The summed E-state index contributed by atoms with van der Waals surface area (Å²) in [6, 6.07) is 0.0410. The SMILES string of the molecule is CCOC(=O)N=Nc1c(C)c(O)c2c(c1O)[C@@H](COC(N)=O)[C@@]1(OC)[C@H]3N[C@H]3CN21. The Balaban J connectivity index is 1.86. The van der Waals surface area contributed by atoms with Crippen molar-refractivity contribution in [3.8, 4) is 11.5 Å². The number of carbonyl (C=O) groups is 2. The summed E-state index contributed by atoms with van der Waals surface area (Å²) in [5, 5.41) is 32.6. The van der Waals surface area contributed by atoms with Crippen molar-refractivity contribution in [1.29, 1.82) is 0 Å². The maximum Gasteiger partial charge on any atom is 0.452 e. The molecule has 0 aliphatic carbocycles. The highest BCUT2D eigenvalue weighted by molar-refractivity contribution is 5.84. The van der Waals surface area contributed by atoms with Crippen LogP contribution in [0, 0.1) is 6.92 Å². The number of hydrogen-bond donors (Lipinski definition) is 4. The summed E-state index contributed by atoms with van der Waals surface area (Å²) in [6.45, 7) is 3.62. The Morgan fingerprint density at radius 3 is 2.70 bits per heavy atom. The van der Waals surface area contributed by atoms with Crippen LogP contribution in [0.2, 0.25) is 0 Å². The third-order valence-corrected chi connectivity index (χ3v) is 5.94. The Hall–Kier alpha value is -3.12. The molecule has 2 fully saturated rings. The third-order valence-electron chi connectivity index (χ3n) is 5.94. The van der Waals surface area contributed by atoms with Crippen LogP contribution in [0.15, 0.2) is 10.2 Å². The van der Waals surface area contributed by atoms with Crippen molar-refractivity contribution < 1.29 is 34.0 Å². The van der Waals surface area contributed by atoms with Crippen LogP contribution in [0.4, 0.5) is 21.0 Å². The van der Waals surface area contributed by atoms with Gasteiger partial charge < -0.3 is 40.4 Å². The summed E-state index contributed by atoms with van der Waals surface area (Å²) in [6.07, 6.45) is -1.90. The van der Waals surface area contributed by atoms with Gasteiger partial charge in [0.2, 0.25) is 0 Å². The number of ether oxygens (including phenoxy) is 3. The summed E-state index contributed by atoms with van der Waals surface area (Å²) >= 11 is 0. The van der Waals surface area contributed by atoms with Crippen LogP contribution in [-0.4, -0.2) is 67.1 Å². The van der Waals surface area contributed by atoms with Crippen molar-refractivity contribution in [2.45, 2.75) is 37.6 Å². The summed E-state index contributed by atoms with van der Waals surface area (Å²) in [5.41, 5.74) is 4.96. The van der Waals surface area contributed by atoms with Crippen LogP contribution in [0.3, 0.4) is 0 Å². The molecule has 0 bridgehead atoms. The molecule has 5 N–H and O–H groups in total. The second kappa shape index (κ2) is 6.99. The van der Waals surface area contributed by atoms with Crippen molar-refractivity contribution in [2.24, 2.45) is 16.0 Å². The Bertz CT molecular complexity index is 952. The van der Waals surface area contributed by atoms with E-state index in [1.807, 2.05) is 4.90 Å². The molecule has 3 aliphatic heterocycles. The van der Waals surface area contributed by atoms with Crippen LogP contribution in [0.1, 0.15) is 24.0 Å². The molecule has 30 heavy (non-hydrogen) atoms. The molecule has 162 valence electrons.